The molecule has 7 nitrogen and oxygen atoms in total. The minimum atomic E-state index is -0.604. The lowest BCUT2D eigenvalue weighted by atomic mass is 9.95. The molecule has 1 aliphatic heterocycles. The predicted molar refractivity (Wildman–Crippen MR) is 101 cm³/mol. The summed E-state index contributed by atoms with van der Waals surface area (Å²) in [6, 6.07) is 6.27. The number of urea groups is 1. The number of esters is 1. The lowest BCUT2D eigenvalue weighted by Gasteiger charge is -2.33. The maximum absolute atomic E-state index is 12.6. The van der Waals surface area contributed by atoms with E-state index in [4.69, 9.17) is 4.74 Å². The van der Waals surface area contributed by atoms with Crippen molar-refractivity contribution in [2.75, 3.05) is 12.4 Å². The van der Waals surface area contributed by atoms with E-state index in [0.717, 1.165) is 18.4 Å². The third-order valence-corrected chi connectivity index (χ3v) is 4.78. The Bertz CT molecular complexity index is 794. The van der Waals surface area contributed by atoms with E-state index in [1.807, 2.05) is 0 Å². The monoisotopic (exact) mass is 371 g/mol. The standard InChI is InChI=1S/C20H25N3O4/c1-11(2)27-19(25)16-12(3)23(4)20(26)22-17(16)13-7-9-15(10-8-13)21-18(24)14-5-6-14/h7-11,14,17H,5-6H2,1-4H3,(H,21,24)(H,22,26)/t17-/m1/s1. The highest BCUT2D eigenvalue weighted by Gasteiger charge is 2.35. The lowest BCUT2D eigenvalue weighted by Crippen LogP contribution is -2.46. The quantitative estimate of drug-likeness (QED) is 0.779. The van der Waals surface area contributed by atoms with Crippen LogP contribution in [0.1, 0.15) is 45.2 Å². The number of hydrogen-bond donors (Lipinski definition) is 2. The molecule has 2 aliphatic rings. The summed E-state index contributed by atoms with van der Waals surface area (Å²) in [5.74, 6) is -0.293. The Morgan fingerprint density at radius 1 is 1.22 bits per heavy atom. The minimum absolute atomic E-state index is 0.0345. The molecule has 1 heterocycles. The summed E-state index contributed by atoms with van der Waals surface area (Å²) in [6.45, 7) is 5.30. The number of benzene rings is 1. The average molecular weight is 371 g/mol. The molecule has 1 saturated carbocycles. The van der Waals surface area contributed by atoms with Gasteiger partial charge in [0.05, 0.1) is 17.7 Å². The molecule has 1 fully saturated rings. The molecule has 0 aromatic heterocycles. The molecule has 0 unspecified atom stereocenters. The van der Waals surface area contributed by atoms with Crippen LogP contribution in [-0.4, -0.2) is 36.0 Å². The van der Waals surface area contributed by atoms with E-state index in [-0.39, 0.29) is 24.0 Å². The summed E-state index contributed by atoms with van der Waals surface area (Å²) in [6.07, 6.45) is 1.62. The van der Waals surface area contributed by atoms with Gasteiger partial charge in [-0.15, -0.1) is 0 Å². The van der Waals surface area contributed by atoms with Crippen molar-refractivity contribution >= 4 is 23.6 Å². The molecule has 0 bridgehead atoms. The van der Waals surface area contributed by atoms with Crippen molar-refractivity contribution in [2.45, 2.75) is 45.8 Å². The summed E-state index contributed by atoms with van der Waals surface area (Å²) in [4.78, 5) is 38.2. The SMILES string of the molecule is CC1=C(C(=O)OC(C)C)[C@@H](c2ccc(NC(=O)C3CC3)cc2)NC(=O)N1C. The van der Waals surface area contributed by atoms with E-state index in [0.29, 0.717) is 17.0 Å². The Morgan fingerprint density at radius 2 is 1.85 bits per heavy atom. The summed E-state index contributed by atoms with van der Waals surface area (Å²) >= 11 is 0. The largest absolute Gasteiger partial charge is 0.459 e. The maximum Gasteiger partial charge on any atom is 0.338 e. The van der Waals surface area contributed by atoms with E-state index in [2.05, 4.69) is 10.6 Å². The molecule has 27 heavy (non-hydrogen) atoms. The molecule has 0 spiro atoms. The van der Waals surface area contributed by atoms with Gasteiger partial charge in [0.25, 0.3) is 0 Å². The highest BCUT2D eigenvalue weighted by atomic mass is 16.5. The fraction of sp³-hybridized carbons (Fsp3) is 0.450. The van der Waals surface area contributed by atoms with Gasteiger partial charge in [0.1, 0.15) is 0 Å². The molecule has 144 valence electrons. The first-order chi connectivity index (χ1) is 12.8. The van der Waals surface area contributed by atoms with Gasteiger partial charge in [0, 0.05) is 24.4 Å². The second-order valence-corrected chi connectivity index (χ2v) is 7.28. The number of carbonyl (C=O) groups excluding carboxylic acids is 3. The molecular weight excluding hydrogens is 346 g/mol. The molecule has 1 aromatic carbocycles. The highest BCUT2D eigenvalue weighted by molar-refractivity contribution is 5.95. The molecule has 0 saturated heterocycles. The molecule has 2 N–H and O–H groups in total. The van der Waals surface area contributed by atoms with Crippen molar-refractivity contribution in [3.8, 4) is 0 Å². The van der Waals surface area contributed by atoms with Crippen LogP contribution in [0.4, 0.5) is 10.5 Å². The first kappa shape index (κ1) is 18.9. The van der Waals surface area contributed by atoms with Gasteiger partial charge in [0.15, 0.2) is 0 Å². The second-order valence-electron chi connectivity index (χ2n) is 7.28. The van der Waals surface area contributed by atoms with Crippen LogP contribution in [0.2, 0.25) is 0 Å². The van der Waals surface area contributed by atoms with E-state index in [9.17, 15) is 14.4 Å². The van der Waals surface area contributed by atoms with Crippen LogP contribution in [0, 0.1) is 5.92 Å². The Balaban J connectivity index is 1.86. The topological polar surface area (TPSA) is 87.7 Å². The second kappa shape index (κ2) is 7.42. The Morgan fingerprint density at radius 3 is 2.41 bits per heavy atom. The molecular formula is C20H25N3O4. The average Bonchev–Trinajstić information content (AvgIpc) is 3.44. The summed E-state index contributed by atoms with van der Waals surface area (Å²) in [7, 11) is 1.61. The molecule has 0 radical (unpaired) electrons. The maximum atomic E-state index is 12.6. The zero-order valence-electron chi connectivity index (χ0n) is 16.0. The van der Waals surface area contributed by atoms with Crippen molar-refractivity contribution in [3.63, 3.8) is 0 Å². The number of nitrogens with zero attached hydrogens (tertiary/aromatic N) is 1. The van der Waals surface area contributed by atoms with Crippen LogP contribution in [0.3, 0.4) is 0 Å². The van der Waals surface area contributed by atoms with Gasteiger partial charge >= 0.3 is 12.0 Å². The van der Waals surface area contributed by atoms with E-state index < -0.39 is 12.0 Å². The molecule has 1 atom stereocenters. The van der Waals surface area contributed by atoms with Crippen LogP contribution < -0.4 is 10.6 Å². The zero-order chi connectivity index (χ0) is 19.7. The number of amides is 3. The third kappa shape index (κ3) is 4.13. The number of allylic oxidation sites excluding steroid dienone is 1. The normalized spacial score (nSPS) is 19.8. The van der Waals surface area contributed by atoms with Gasteiger partial charge in [-0.05, 0) is 51.3 Å². The number of anilines is 1. The number of ether oxygens (including phenoxy) is 1. The highest BCUT2D eigenvalue weighted by Crippen LogP contribution is 2.33. The van der Waals surface area contributed by atoms with Gasteiger partial charge in [-0.1, -0.05) is 12.1 Å². The van der Waals surface area contributed by atoms with E-state index in [1.54, 1.807) is 52.1 Å². The van der Waals surface area contributed by atoms with Gasteiger partial charge in [0.2, 0.25) is 5.91 Å². The van der Waals surface area contributed by atoms with Crippen molar-refractivity contribution in [1.29, 1.82) is 0 Å². The lowest BCUT2D eigenvalue weighted by molar-refractivity contribution is -0.143. The summed E-state index contributed by atoms with van der Waals surface area (Å²) < 4.78 is 5.37. The van der Waals surface area contributed by atoms with Crippen LogP contribution in [0.5, 0.6) is 0 Å². The minimum Gasteiger partial charge on any atom is -0.459 e. The number of nitrogens with one attached hydrogen (secondary N) is 2. The van der Waals surface area contributed by atoms with Crippen molar-refractivity contribution in [1.82, 2.24) is 10.2 Å². The third-order valence-electron chi connectivity index (χ3n) is 4.78. The van der Waals surface area contributed by atoms with E-state index in [1.165, 1.54) is 4.90 Å². The Labute approximate surface area is 158 Å². The number of hydrogen-bond acceptors (Lipinski definition) is 4. The van der Waals surface area contributed by atoms with Crippen molar-refractivity contribution < 1.29 is 19.1 Å². The molecule has 3 rings (SSSR count). The summed E-state index contributed by atoms with van der Waals surface area (Å²) in [5.41, 5.74) is 2.40. The smallest absolute Gasteiger partial charge is 0.338 e. The Kier molecular flexibility index (Phi) is 5.21. The van der Waals surface area contributed by atoms with Gasteiger partial charge < -0.3 is 20.3 Å². The zero-order valence-corrected chi connectivity index (χ0v) is 16.0. The van der Waals surface area contributed by atoms with Gasteiger partial charge in [-0.2, -0.15) is 0 Å². The van der Waals surface area contributed by atoms with Crippen molar-refractivity contribution in [3.05, 3.63) is 41.1 Å². The molecule has 1 aliphatic carbocycles. The number of rotatable bonds is 5. The fourth-order valence-corrected chi connectivity index (χ4v) is 2.98. The van der Waals surface area contributed by atoms with E-state index >= 15 is 0 Å². The first-order valence-electron chi connectivity index (χ1n) is 9.14. The fourth-order valence-electron chi connectivity index (χ4n) is 2.98. The van der Waals surface area contributed by atoms with Crippen LogP contribution >= 0.6 is 0 Å². The molecule has 3 amide bonds. The molecule has 1 aromatic rings. The van der Waals surface area contributed by atoms with Crippen LogP contribution in [0.25, 0.3) is 0 Å². The van der Waals surface area contributed by atoms with Crippen molar-refractivity contribution in [2.24, 2.45) is 5.92 Å². The van der Waals surface area contributed by atoms with Crippen LogP contribution in [0.15, 0.2) is 35.5 Å². The summed E-state index contributed by atoms with van der Waals surface area (Å²) in [5, 5.41) is 5.73. The van der Waals surface area contributed by atoms with Gasteiger partial charge in [-0.3, -0.25) is 4.79 Å². The predicted octanol–water partition coefficient (Wildman–Crippen LogP) is 2.96. The molecule has 7 heteroatoms. The first-order valence-corrected chi connectivity index (χ1v) is 9.14. The number of carbonyl (C=O) groups is 3. The Hall–Kier alpha value is -2.83. The van der Waals surface area contributed by atoms with Crippen LogP contribution in [-0.2, 0) is 14.3 Å². The van der Waals surface area contributed by atoms with Gasteiger partial charge in [-0.25, -0.2) is 9.59 Å².